The first-order valence-corrected chi connectivity index (χ1v) is 5.88. The summed E-state index contributed by atoms with van der Waals surface area (Å²) >= 11 is 3.37. The minimum Gasteiger partial charge on any atom is -0.352 e. The lowest BCUT2D eigenvalue weighted by molar-refractivity contribution is -0.120. The zero-order valence-electron chi connectivity index (χ0n) is 8.95. The second kappa shape index (κ2) is 7.19. The summed E-state index contributed by atoms with van der Waals surface area (Å²) in [6.45, 7) is 1.03. The lowest BCUT2D eigenvalue weighted by Gasteiger charge is -2.02. The summed E-state index contributed by atoms with van der Waals surface area (Å²) < 4.78 is 0.987. The Bertz CT molecular complexity index is 377. The molecule has 0 bridgehead atoms. The van der Waals surface area contributed by atoms with Gasteiger partial charge in [-0.25, -0.2) is 0 Å². The summed E-state index contributed by atoms with van der Waals surface area (Å²) in [5, 5.41) is 2.79. The van der Waals surface area contributed by atoms with Crippen molar-refractivity contribution in [2.75, 3.05) is 13.1 Å². The van der Waals surface area contributed by atoms with Crippen LogP contribution in [0.4, 0.5) is 0 Å². The van der Waals surface area contributed by atoms with Gasteiger partial charge in [-0.2, -0.15) is 0 Å². The summed E-state index contributed by atoms with van der Waals surface area (Å²) in [6, 6.07) is 7.72. The fourth-order valence-corrected chi connectivity index (χ4v) is 1.69. The molecule has 1 amide bonds. The van der Waals surface area contributed by atoms with Gasteiger partial charge >= 0.3 is 0 Å². The van der Waals surface area contributed by atoms with E-state index in [0.29, 0.717) is 19.5 Å². The number of hydrogen-bond donors (Lipinski definition) is 2. The molecule has 3 nitrogen and oxygen atoms in total. The van der Waals surface area contributed by atoms with E-state index in [4.69, 9.17) is 5.73 Å². The third-order valence-electron chi connectivity index (χ3n) is 1.97. The molecular formula is C12H15BrN2O. The number of halogens is 1. The van der Waals surface area contributed by atoms with Crippen molar-refractivity contribution in [2.45, 2.75) is 6.42 Å². The highest BCUT2D eigenvalue weighted by Gasteiger charge is 2.01. The van der Waals surface area contributed by atoms with Crippen LogP contribution in [0.3, 0.4) is 0 Å². The lowest BCUT2D eigenvalue weighted by Crippen LogP contribution is -2.25. The first-order chi connectivity index (χ1) is 7.72. The van der Waals surface area contributed by atoms with E-state index in [2.05, 4.69) is 21.2 Å². The molecule has 0 aliphatic heterocycles. The molecule has 1 aromatic rings. The third kappa shape index (κ3) is 5.09. The van der Waals surface area contributed by atoms with Crippen LogP contribution >= 0.6 is 15.9 Å². The molecule has 3 N–H and O–H groups in total. The molecule has 0 aliphatic rings. The normalized spacial score (nSPS) is 10.6. The average Bonchev–Trinajstić information content (AvgIpc) is 2.24. The number of nitrogens with two attached hydrogens (primary N) is 1. The average molecular weight is 283 g/mol. The zero-order chi connectivity index (χ0) is 11.8. The molecule has 0 heterocycles. The fraction of sp³-hybridized carbons (Fsp3) is 0.250. The van der Waals surface area contributed by atoms with Gasteiger partial charge in [-0.15, -0.1) is 0 Å². The molecule has 1 rings (SSSR count). The Morgan fingerprint density at radius 1 is 1.44 bits per heavy atom. The molecule has 0 saturated carbocycles. The van der Waals surface area contributed by atoms with Crippen LogP contribution in [0.5, 0.6) is 0 Å². The van der Waals surface area contributed by atoms with E-state index in [1.807, 2.05) is 36.4 Å². The number of amides is 1. The standard InChI is InChI=1S/C12H15BrN2O/c13-11-5-3-4-10(8-11)9-12(16)15-7-2-1-6-14/h1-5,8H,6-7,9,14H2,(H,15,16)/b2-1+. The van der Waals surface area contributed by atoms with Crippen LogP contribution in [0.15, 0.2) is 40.9 Å². The van der Waals surface area contributed by atoms with Crippen LogP contribution in [-0.2, 0) is 11.2 Å². The van der Waals surface area contributed by atoms with Gasteiger partial charge in [0, 0.05) is 17.6 Å². The molecule has 0 fully saturated rings. The van der Waals surface area contributed by atoms with E-state index in [1.54, 1.807) is 0 Å². The van der Waals surface area contributed by atoms with Crippen LogP contribution in [0.1, 0.15) is 5.56 Å². The summed E-state index contributed by atoms with van der Waals surface area (Å²) in [6.07, 6.45) is 4.06. The SMILES string of the molecule is NC/C=C/CNC(=O)Cc1cccc(Br)c1. The highest BCUT2D eigenvalue weighted by Crippen LogP contribution is 2.11. The Morgan fingerprint density at radius 3 is 2.94 bits per heavy atom. The Labute approximate surface area is 104 Å². The molecule has 4 heteroatoms. The number of carbonyl (C=O) groups is 1. The van der Waals surface area contributed by atoms with Crippen LogP contribution < -0.4 is 11.1 Å². The molecule has 0 unspecified atom stereocenters. The largest absolute Gasteiger partial charge is 0.352 e. The summed E-state index contributed by atoms with van der Waals surface area (Å²) in [5.41, 5.74) is 6.28. The summed E-state index contributed by atoms with van der Waals surface area (Å²) in [7, 11) is 0. The first kappa shape index (κ1) is 12.9. The summed E-state index contributed by atoms with van der Waals surface area (Å²) in [4.78, 5) is 11.5. The third-order valence-corrected chi connectivity index (χ3v) is 2.47. The summed E-state index contributed by atoms with van der Waals surface area (Å²) in [5.74, 6) is 0.0137. The van der Waals surface area contributed by atoms with Gasteiger partial charge in [0.25, 0.3) is 0 Å². The van der Waals surface area contributed by atoms with Crippen molar-refractivity contribution in [3.63, 3.8) is 0 Å². The van der Waals surface area contributed by atoms with E-state index < -0.39 is 0 Å². The molecule has 1 aromatic carbocycles. The number of hydrogen-bond acceptors (Lipinski definition) is 2. The van der Waals surface area contributed by atoms with Gasteiger partial charge in [-0.1, -0.05) is 40.2 Å². The first-order valence-electron chi connectivity index (χ1n) is 5.08. The number of carbonyl (C=O) groups excluding carboxylic acids is 1. The van der Waals surface area contributed by atoms with E-state index in [1.165, 1.54) is 0 Å². The van der Waals surface area contributed by atoms with Crippen molar-refractivity contribution in [3.8, 4) is 0 Å². The second-order valence-corrected chi connectivity index (χ2v) is 4.23. The second-order valence-electron chi connectivity index (χ2n) is 3.32. The van der Waals surface area contributed by atoms with Crippen molar-refractivity contribution in [2.24, 2.45) is 5.73 Å². The van der Waals surface area contributed by atoms with Gasteiger partial charge in [0.15, 0.2) is 0 Å². The predicted octanol–water partition coefficient (Wildman–Crippen LogP) is 1.62. The Morgan fingerprint density at radius 2 is 2.25 bits per heavy atom. The van der Waals surface area contributed by atoms with Gasteiger partial charge in [0.2, 0.25) is 5.91 Å². The van der Waals surface area contributed by atoms with Crippen LogP contribution in [0.25, 0.3) is 0 Å². The van der Waals surface area contributed by atoms with Crippen molar-refractivity contribution in [1.82, 2.24) is 5.32 Å². The Balaban J connectivity index is 2.37. The topological polar surface area (TPSA) is 55.1 Å². The van der Waals surface area contributed by atoms with E-state index in [0.717, 1.165) is 10.0 Å². The lowest BCUT2D eigenvalue weighted by atomic mass is 10.1. The number of nitrogens with one attached hydrogen (secondary N) is 1. The molecular weight excluding hydrogens is 268 g/mol. The van der Waals surface area contributed by atoms with Crippen molar-refractivity contribution in [3.05, 3.63) is 46.5 Å². The van der Waals surface area contributed by atoms with Crippen molar-refractivity contribution >= 4 is 21.8 Å². The maximum atomic E-state index is 11.5. The highest BCUT2D eigenvalue weighted by molar-refractivity contribution is 9.10. The smallest absolute Gasteiger partial charge is 0.224 e. The van der Waals surface area contributed by atoms with Gasteiger partial charge in [0.05, 0.1) is 6.42 Å². The minimum atomic E-state index is 0.0137. The Kier molecular flexibility index (Phi) is 5.82. The van der Waals surface area contributed by atoms with Crippen LogP contribution in [-0.4, -0.2) is 19.0 Å². The zero-order valence-corrected chi connectivity index (χ0v) is 10.5. The van der Waals surface area contributed by atoms with E-state index in [9.17, 15) is 4.79 Å². The van der Waals surface area contributed by atoms with Gasteiger partial charge < -0.3 is 11.1 Å². The van der Waals surface area contributed by atoms with Gasteiger partial charge in [-0.3, -0.25) is 4.79 Å². The molecule has 0 aromatic heterocycles. The molecule has 0 radical (unpaired) electrons. The maximum Gasteiger partial charge on any atom is 0.224 e. The molecule has 0 aliphatic carbocycles. The van der Waals surface area contributed by atoms with Crippen LogP contribution in [0, 0.1) is 0 Å². The van der Waals surface area contributed by atoms with Crippen molar-refractivity contribution in [1.29, 1.82) is 0 Å². The van der Waals surface area contributed by atoms with Crippen LogP contribution in [0.2, 0.25) is 0 Å². The molecule has 0 atom stereocenters. The van der Waals surface area contributed by atoms with E-state index >= 15 is 0 Å². The number of rotatable bonds is 5. The maximum absolute atomic E-state index is 11.5. The quantitative estimate of drug-likeness (QED) is 0.807. The minimum absolute atomic E-state index is 0.0137. The van der Waals surface area contributed by atoms with E-state index in [-0.39, 0.29) is 5.91 Å². The molecule has 16 heavy (non-hydrogen) atoms. The molecule has 0 saturated heterocycles. The molecule has 86 valence electrons. The Hall–Kier alpha value is -1.13. The highest BCUT2D eigenvalue weighted by atomic mass is 79.9. The fourth-order valence-electron chi connectivity index (χ4n) is 1.25. The van der Waals surface area contributed by atoms with Gasteiger partial charge in [-0.05, 0) is 17.7 Å². The molecule has 0 spiro atoms. The van der Waals surface area contributed by atoms with Crippen molar-refractivity contribution < 1.29 is 4.79 Å². The monoisotopic (exact) mass is 282 g/mol. The predicted molar refractivity (Wildman–Crippen MR) is 69.1 cm³/mol. The van der Waals surface area contributed by atoms with Gasteiger partial charge in [0.1, 0.15) is 0 Å². The number of benzene rings is 1.